The Hall–Kier alpha value is -2.69. The van der Waals surface area contributed by atoms with Crippen LogP contribution in [0, 0.1) is 0 Å². The van der Waals surface area contributed by atoms with Gasteiger partial charge in [0.25, 0.3) is 5.91 Å². The van der Waals surface area contributed by atoms with Gasteiger partial charge in [-0.25, -0.2) is 0 Å². The van der Waals surface area contributed by atoms with Gasteiger partial charge in [0.2, 0.25) is 5.91 Å². The monoisotopic (exact) mass is 349 g/mol. The van der Waals surface area contributed by atoms with Crippen molar-refractivity contribution in [2.45, 2.75) is 51.2 Å². The third kappa shape index (κ3) is 2.87. The first kappa shape index (κ1) is 16.8. The molecule has 1 aromatic heterocycles. The summed E-state index contributed by atoms with van der Waals surface area (Å²) in [5.74, 6) is 0.0730. The van der Waals surface area contributed by atoms with Crippen molar-refractivity contribution in [1.82, 2.24) is 9.88 Å². The number of benzene rings is 1. The van der Waals surface area contributed by atoms with E-state index in [-0.39, 0.29) is 23.9 Å². The molecule has 0 unspecified atom stereocenters. The van der Waals surface area contributed by atoms with Gasteiger partial charge in [-0.2, -0.15) is 0 Å². The molecule has 26 heavy (non-hydrogen) atoms. The fraction of sp³-hybridized carbons (Fsp3) is 0.381. The van der Waals surface area contributed by atoms with Gasteiger partial charge in [0, 0.05) is 37.1 Å². The first-order valence-electron chi connectivity index (χ1n) is 9.19. The van der Waals surface area contributed by atoms with Crippen molar-refractivity contribution < 1.29 is 9.59 Å². The lowest BCUT2D eigenvalue weighted by molar-refractivity contribution is -0.132. The summed E-state index contributed by atoms with van der Waals surface area (Å²) in [7, 11) is 0. The van der Waals surface area contributed by atoms with E-state index in [1.54, 1.807) is 31.5 Å². The lowest BCUT2D eigenvalue weighted by Gasteiger charge is -2.43. The molecule has 2 atom stereocenters. The first-order valence-corrected chi connectivity index (χ1v) is 9.19. The highest BCUT2D eigenvalue weighted by atomic mass is 16.2. The van der Waals surface area contributed by atoms with E-state index in [9.17, 15) is 9.59 Å². The molecule has 2 aliphatic rings. The summed E-state index contributed by atoms with van der Waals surface area (Å²) in [6, 6.07) is 11.9. The van der Waals surface area contributed by atoms with E-state index in [0.717, 1.165) is 30.5 Å². The molecule has 0 radical (unpaired) electrons. The smallest absolute Gasteiger partial charge is 0.260 e. The van der Waals surface area contributed by atoms with Gasteiger partial charge >= 0.3 is 0 Å². The van der Waals surface area contributed by atoms with Crippen LogP contribution < -0.4 is 4.90 Å². The van der Waals surface area contributed by atoms with Crippen LogP contribution in [0.15, 0.2) is 48.8 Å². The fourth-order valence-corrected chi connectivity index (χ4v) is 4.07. The maximum atomic E-state index is 13.1. The highest BCUT2D eigenvalue weighted by Crippen LogP contribution is 2.44. The van der Waals surface area contributed by atoms with Crippen LogP contribution in [-0.2, 0) is 4.79 Å². The van der Waals surface area contributed by atoms with Crippen molar-refractivity contribution in [3.8, 4) is 0 Å². The molecule has 0 bridgehead atoms. The van der Waals surface area contributed by atoms with E-state index < -0.39 is 0 Å². The van der Waals surface area contributed by atoms with Crippen molar-refractivity contribution >= 4 is 17.5 Å². The second-order valence-corrected chi connectivity index (χ2v) is 7.23. The Balaban J connectivity index is 1.75. The number of nitrogens with zero attached hydrogens (tertiary/aromatic N) is 3. The average Bonchev–Trinajstić information content (AvgIpc) is 3.47. The predicted molar refractivity (Wildman–Crippen MR) is 99.9 cm³/mol. The minimum absolute atomic E-state index is 0.00297. The number of carbonyl (C=O) groups is 2. The number of hydrogen-bond acceptors (Lipinski definition) is 3. The minimum atomic E-state index is -0.0442. The van der Waals surface area contributed by atoms with E-state index in [0.29, 0.717) is 11.6 Å². The Morgan fingerprint density at radius 2 is 1.92 bits per heavy atom. The number of anilines is 1. The number of para-hydroxylation sites is 1. The van der Waals surface area contributed by atoms with Gasteiger partial charge in [-0.15, -0.1) is 0 Å². The Bertz CT molecular complexity index is 832. The van der Waals surface area contributed by atoms with Gasteiger partial charge in [-0.1, -0.05) is 18.2 Å². The first-order chi connectivity index (χ1) is 12.6. The number of pyridine rings is 1. The van der Waals surface area contributed by atoms with E-state index in [1.807, 2.05) is 34.1 Å². The predicted octanol–water partition coefficient (Wildman–Crippen LogP) is 3.57. The molecule has 2 amide bonds. The summed E-state index contributed by atoms with van der Waals surface area (Å²) in [5, 5.41) is 0. The summed E-state index contributed by atoms with van der Waals surface area (Å²) >= 11 is 0. The molecule has 0 N–H and O–H groups in total. The van der Waals surface area contributed by atoms with Crippen LogP contribution in [0.5, 0.6) is 0 Å². The molecule has 2 aromatic rings. The zero-order valence-corrected chi connectivity index (χ0v) is 15.1. The van der Waals surface area contributed by atoms with Gasteiger partial charge in [0.15, 0.2) is 0 Å². The summed E-state index contributed by atoms with van der Waals surface area (Å²) in [4.78, 5) is 33.4. The molecule has 2 heterocycles. The summed E-state index contributed by atoms with van der Waals surface area (Å²) in [6.07, 6.45) is 6.17. The highest BCUT2D eigenvalue weighted by Gasteiger charge is 2.42. The third-order valence-electron chi connectivity index (χ3n) is 5.33. The Kier molecular flexibility index (Phi) is 4.23. The van der Waals surface area contributed by atoms with Gasteiger partial charge in [0.1, 0.15) is 0 Å². The van der Waals surface area contributed by atoms with Crippen LogP contribution in [0.3, 0.4) is 0 Å². The van der Waals surface area contributed by atoms with Crippen molar-refractivity contribution in [3.63, 3.8) is 0 Å². The van der Waals surface area contributed by atoms with Crippen LogP contribution in [0.25, 0.3) is 0 Å². The summed E-state index contributed by atoms with van der Waals surface area (Å²) < 4.78 is 0. The molecule has 5 nitrogen and oxygen atoms in total. The molecule has 1 aliphatic carbocycles. The maximum Gasteiger partial charge on any atom is 0.260 e. The van der Waals surface area contributed by atoms with E-state index >= 15 is 0 Å². The van der Waals surface area contributed by atoms with E-state index in [2.05, 4.69) is 11.9 Å². The van der Waals surface area contributed by atoms with Crippen LogP contribution >= 0.6 is 0 Å². The standard InChI is InChI=1S/C21H23N3O2/c1-14-12-20(24(15(2)25)17-9-10-17)18-7-3-4-8-19(18)23(14)21(26)16-6-5-11-22-13-16/h3-8,11,13-14,17,20H,9-10,12H2,1-2H3/t14-,20+/m1/s1. The molecule has 1 saturated carbocycles. The van der Waals surface area contributed by atoms with Gasteiger partial charge in [-0.3, -0.25) is 14.6 Å². The van der Waals surface area contributed by atoms with Crippen LogP contribution in [0.2, 0.25) is 0 Å². The van der Waals surface area contributed by atoms with Crippen LogP contribution in [0.4, 0.5) is 5.69 Å². The molecule has 1 fully saturated rings. The van der Waals surface area contributed by atoms with Crippen molar-refractivity contribution in [1.29, 1.82) is 0 Å². The SMILES string of the molecule is CC(=O)N(C1CC1)[C@H]1C[C@@H](C)N(C(=O)c2cccnc2)c2ccccc21. The second kappa shape index (κ2) is 6.56. The Morgan fingerprint density at radius 1 is 1.15 bits per heavy atom. The van der Waals surface area contributed by atoms with Crippen LogP contribution in [0.1, 0.15) is 55.1 Å². The molecule has 134 valence electrons. The molecule has 5 heteroatoms. The number of fused-ring (bicyclic) bond motifs is 1. The topological polar surface area (TPSA) is 53.5 Å². The zero-order valence-electron chi connectivity index (χ0n) is 15.1. The van der Waals surface area contributed by atoms with E-state index in [4.69, 9.17) is 0 Å². The molecule has 0 spiro atoms. The minimum Gasteiger partial charge on any atom is -0.333 e. The summed E-state index contributed by atoms with van der Waals surface area (Å²) in [6.45, 7) is 3.71. The second-order valence-electron chi connectivity index (χ2n) is 7.23. The molecular weight excluding hydrogens is 326 g/mol. The van der Waals surface area contributed by atoms with Crippen molar-refractivity contribution in [3.05, 3.63) is 59.9 Å². The molecule has 0 saturated heterocycles. The highest BCUT2D eigenvalue weighted by molar-refractivity contribution is 6.07. The average molecular weight is 349 g/mol. The van der Waals surface area contributed by atoms with Crippen molar-refractivity contribution in [2.24, 2.45) is 0 Å². The molecule has 1 aromatic carbocycles. The quantitative estimate of drug-likeness (QED) is 0.851. The van der Waals surface area contributed by atoms with Crippen LogP contribution in [-0.4, -0.2) is 33.8 Å². The van der Waals surface area contributed by atoms with Gasteiger partial charge in [-0.05, 0) is 49.9 Å². The van der Waals surface area contributed by atoms with Gasteiger partial charge < -0.3 is 9.80 Å². The number of hydrogen-bond donors (Lipinski definition) is 0. The lowest BCUT2D eigenvalue weighted by atomic mass is 9.89. The Morgan fingerprint density at radius 3 is 2.58 bits per heavy atom. The lowest BCUT2D eigenvalue weighted by Crippen LogP contribution is -2.47. The molecule has 4 rings (SSSR count). The van der Waals surface area contributed by atoms with E-state index in [1.165, 1.54) is 0 Å². The summed E-state index contributed by atoms with van der Waals surface area (Å²) in [5.41, 5.74) is 2.54. The van der Waals surface area contributed by atoms with Gasteiger partial charge in [0.05, 0.1) is 11.6 Å². The number of rotatable bonds is 3. The number of aromatic nitrogens is 1. The zero-order chi connectivity index (χ0) is 18.3. The van der Waals surface area contributed by atoms with Crippen molar-refractivity contribution in [2.75, 3.05) is 4.90 Å². The Labute approximate surface area is 153 Å². The molecular formula is C21H23N3O2. The maximum absolute atomic E-state index is 13.1. The number of carbonyl (C=O) groups excluding carboxylic acids is 2. The normalized spacial score (nSPS) is 21.8. The fourth-order valence-electron chi connectivity index (χ4n) is 4.07. The largest absolute Gasteiger partial charge is 0.333 e. The molecule has 1 aliphatic heterocycles. The third-order valence-corrected chi connectivity index (χ3v) is 5.33. The number of amides is 2.